The number of carboxylic acid groups (broad SMARTS) is 1. The van der Waals surface area contributed by atoms with Crippen molar-refractivity contribution in [1.29, 1.82) is 0 Å². The van der Waals surface area contributed by atoms with E-state index in [9.17, 15) is 4.79 Å². The van der Waals surface area contributed by atoms with E-state index >= 15 is 0 Å². The van der Waals surface area contributed by atoms with Crippen molar-refractivity contribution in [2.24, 2.45) is 5.73 Å². The average molecular weight is 149 g/mol. The summed E-state index contributed by atoms with van der Waals surface area (Å²) in [6, 6.07) is -0.998. The molecular formula is C5H11NO4. The molecule has 0 saturated heterocycles. The molecule has 0 amide bonds. The fourth-order valence-electron chi connectivity index (χ4n) is 0.452. The molecular weight excluding hydrogens is 138 g/mol. The van der Waals surface area contributed by atoms with E-state index < -0.39 is 18.3 Å². The molecule has 0 saturated carbocycles. The number of aliphatic carboxylic acids is 1. The largest absolute Gasteiger partial charge is 0.480 e. The van der Waals surface area contributed by atoms with Gasteiger partial charge in [0.15, 0.2) is 6.29 Å². The highest BCUT2D eigenvalue weighted by Gasteiger charge is 2.11. The van der Waals surface area contributed by atoms with Crippen LogP contribution in [0.25, 0.3) is 0 Å². The lowest BCUT2D eigenvalue weighted by molar-refractivity contribution is -0.139. The summed E-state index contributed by atoms with van der Waals surface area (Å²) in [4.78, 5) is 10.0. The van der Waals surface area contributed by atoms with Gasteiger partial charge in [0.05, 0.1) is 0 Å². The Kier molecular flexibility index (Phi) is 3.94. The topological polar surface area (TPSA) is 104 Å². The van der Waals surface area contributed by atoms with Gasteiger partial charge in [-0.05, 0) is 12.8 Å². The van der Waals surface area contributed by atoms with Crippen LogP contribution in [-0.4, -0.2) is 33.6 Å². The van der Waals surface area contributed by atoms with Gasteiger partial charge < -0.3 is 21.1 Å². The van der Waals surface area contributed by atoms with Gasteiger partial charge in [-0.3, -0.25) is 4.79 Å². The molecule has 0 radical (unpaired) electrons. The molecule has 0 aromatic rings. The Labute approximate surface area is 58.1 Å². The molecule has 1 atom stereocenters. The summed E-state index contributed by atoms with van der Waals surface area (Å²) in [5, 5.41) is 24.8. The molecule has 0 rings (SSSR count). The maximum absolute atomic E-state index is 10.0. The monoisotopic (exact) mass is 149 g/mol. The van der Waals surface area contributed by atoms with Crippen molar-refractivity contribution in [3.05, 3.63) is 0 Å². The van der Waals surface area contributed by atoms with Crippen LogP contribution in [0, 0.1) is 0 Å². The maximum atomic E-state index is 10.0. The second kappa shape index (κ2) is 4.21. The number of aliphatic hydroxyl groups is 2. The highest BCUT2D eigenvalue weighted by molar-refractivity contribution is 5.72. The summed E-state index contributed by atoms with van der Waals surface area (Å²) < 4.78 is 0. The number of rotatable bonds is 4. The van der Waals surface area contributed by atoms with Crippen molar-refractivity contribution in [2.75, 3.05) is 0 Å². The quantitative estimate of drug-likeness (QED) is 0.364. The smallest absolute Gasteiger partial charge is 0.320 e. The Morgan fingerprint density at radius 2 is 1.90 bits per heavy atom. The number of hydrogen-bond acceptors (Lipinski definition) is 4. The van der Waals surface area contributed by atoms with Gasteiger partial charge in [-0.15, -0.1) is 0 Å². The first kappa shape index (κ1) is 9.35. The van der Waals surface area contributed by atoms with Gasteiger partial charge in [-0.25, -0.2) is 0 Å². The number of nitrogens with two attached hydrogens (primary N) is 1. The Hall–Kier alpha value is -0.650. The van der Waals surface area contributed by atoms with Crippen LogP contribution >= 0.6 is 0 Å². The van der Waals surface area contributed by atoms with Crippen molar-refractivity contribution >= 4 is 5.97 Å². The molecule has 10 heavy (non-hydrogen) atoms. The lowest BCUT2D eigenvalue weighted by atomic mass is 10.2. The number of carbonyl (C=O) groups is 1. The van der Waals surface area contributed by atoms with Crippen molar-refractivity contribution in [3.8, 4) is 0 Å². The van der Waals surface area contributed by atoms with Crippen molar-refractivity contribution in [3.63, 3.8) is 0 Å². The molecule has 5 nitrogen and oxygen atoms in total. The minimum atomic E-state index is -1.47. The number of carboxylic acids is 1. The minimum absolute atomic E-state index is 0.00648. The highest BCUT2D eigenvalue weighted by atomic mass is 16.5. The van der Waals surface area contributed by atoms with Crippen molar-refractivity contribution in [1.82, 2.24) is 0 Å². The van der Waals surface area contributed by atoms with E-state index in [2.05, 4.69) is 0 Å². The summed E-state index contributed by atoms with van der Waals surface area (Å²) in [5.74, 6) is -1.12. The predicted molar refractivity (Wildman–Crippen MR) is 33.1 cm³/mol. The molecule has 0 bridgehead atoms. The number of aliphatic hydroxyl groups excluding tert-OH is 1. The molecule has 60 valence electrons. The zero-order chi connectivity index (χ0) is 8.15. The van der Waals surface area contributed by atoms with Crippen LogP contribution in [0.1, 0.15) is 12.8 Å². The third-order valence-electron chi connectivity index (χ3n) is 1.05. The molecule has 0 fully saturated rings. The van der Waals surface area contributed by atoms with Crippen molar-refractivity contribution < 1.29 is 20.1 Å². The van der Waals surface area contributed by atoms with E-state index in [4.69, 9.17) is 21.1 Å². The van der Waals surface area contributed by atoms with Gasteiger partial charge in [0.2, 0.25) is 0 Å². The lowest BCUT2D eigenvalue weighted by Crippen LogP contribution is -2.30. The van der Waals surface area contributed by atoms with Crippen LogP contribution in [0.5, 0.6) is 0 Å². The third-order valence-corrected chi connectivity index (χ3v) is 1.05. The van der Waals surface area contributed by atoms with Crippen molar-refractivity contribution in [2.45, 2.75) is 25.2 Å². The van der Waals surface area contributed by atoms with Crippen LogP contribution in [0.15, 0.2) is 0 Å². The summed E-state index contributed by atoms with van der Waals surface area (Å²) in [5.41, 5.74) is 5.04. The Morgan fingerprint density at radius 1 is 1.40 bits per heavy atom. The van der Waals surface area contributed by atoms with Gasteiger partial charge in [0.25, 0.3) is 0 Å². The third kappa shape index (κ3) is 4.25. The summed E-state index contributed by atoms with van der Waals surface area (Å²) in [7, 11) is 0. The van der Waals surface area contributed by atoms with Crippen LogP contribution in [0.3, 0.4) is 0 Å². The van der Waals surface area contributed by atoms with Crippen LogP contribution in [0.2, 0.25) is 0 Å². The molecule has 0 heterocycles. The molecule has 0 aromatic heterocycles. The molecule has 0 aliphatic carbocycles. The Morgan fingerprint density at radius 3 is 2.20 bits per heavy atom. The summed E-state index contributed by atoms with van der Waals surface area (Å²) in [6.45, 7) is 0. The van der Waals surface area contributed by atoms with Gasteiger partial charge in [-0.1, -0.05) is 0 Å². The molecule has 5 N–H and O–H groups in total. The fraction of sp³-hybridized carbons (Fsp3) is 0.800. The van der Waals surface area contributed by atoms with E-state index in [1.807, 2.05) is 0 Å². The molecule has 0 aliphatic rings. The molecule has 0 unspecified atom stereocenters. The van der Waals surface area contributed by atoms with E-state index in [-0.39, 0.29) is 12.8 Å². The normalized spacial score (nSPS) is 13.6. The maximum Gasteiger partial charge on any atom is 0.320 e. The van der Waals surface area contributed by atoms with Gasteiger partial charge in [-0.2, -0.15) is 0 Å². The fourth-order valence-corrected chi connectivity index (χ4v) is 0.452. The zero-order valence-corrected chi connectivity index (χ0v) is 5.40. The summed E-state index contributed by atoms with van der Waals surface area (Å²) in [6.07, 6.45) is -1.40. The van der Waals surface area contributed by atoms with Gasteiger partial charge in [0, 0.05) is 0 Å². The van der Waals surface area contributed by atoms with Crippen LogP contribution < -0.4 is 5.73 Å². The first-order chi connectivity index (χ1) is 4.54. The van der Waals surface area contributed by atoms with E-state index in [1.54, 1.807) is 0 Å². The first-order valence-electron chi connectivity index (χ1n) is 2.88. The first-order valence-corrected chi connectivity index (χ1v) is 2.88. The highest BCUT2D eigenvalue weighted by Crippen LogP contribution is 1.96. The SMILES string of the molecule is N[C@@H](CCC(O)O)C(=O)O. The molecule has 0 aromatic carbocycles. The molecule has 0 aliphatic heterocycles. The standard InChI is InChI=1S/C5H11NO4/c6-3(5(9)10)1-2-4(7)8/h3-4,7-8H,1-2,6H2,(H,9,10)/t3-/m0/s1. The van der Waals surface area contributed by atoms with E-state index in [0.717, 1.165) is 0 Å². The second-order valence-corrected chi connectivity index (χ2v) is 2.00. The van der Waals surface area contributed by atoms with Crippen LogP contribution in [0.4, 0.5) is 0 Å². The van der Waals surface area contributed by atoms with Gasteiger partial charge in [0.1, 0.15) is 6.04 Å². The van der Waals surface area contributed by atoms with Gasteiger partial charge >= 0.3 is 5.97 Å². The lowest BCUT2D eigenvalue weighted by Gasteiger charge is -2.06. The Bertz CT molecular complexity index is 114. The predicted octanol–water partition coefficient (Wildman–Crippen LogP) is -1.51. The average Bonchev–Trinajstić information content (AvgIpc) is 1.82. The second-order valence-electron chi connectivity index (χ2n) is 2.00. The number of hydrogen-bond donors (Lipinski definition) is 4. The van der Waals surface area contributed by atoms with E-state index in [0.29, 0.717) is 0 Å². The Balaban J connectivity index is 3.40. The molecule has 0 spiro atoms. The minimum Gasteiger partial charge on any atom is -0.480 e. The van der Waals surface area contributed by atoms with E-state index in [1.165, 1.54) is 0 Å². The zero-order valence-electron chi connectivity index (χ0n) is 5.40. The summed E-state index contributed by atoms with van der Waals surface area (Å²) >= 11 is 0. The van der Waals surface area contributed by atoms with Crippen LogP contribution in [-0.2, 0) is 4.79 Å². The molecule has 5 heteroatoms.